The Balaban J connectivity index is 3.07. The minimum Gasteiger partial charge on any atom is -0.392 e. The van der Waals surface area contributed by atoms with E-state index in [2.05, 4.69) is 13.8 Å². The maximum atomic E-state index is 10.6. The Morgan fingerprint density at radius 2 is 1.75 bits per heavy atom. The third kappa shape index (κ3) is 6.89. The highest BCUT2D eigenvalue weighted by Gasteiger charge is 2.30. The van der Waals surface area contributed by atoms with Gasteiger partial charge in [0.25, 0.3) is 0 Å². The number of hydrogen-bond acceptors (Lipinski definition) is 4. The van der Waals surface area contributed by atoms with Crippen LogP contribution >= 0.6 is 0 Å². The van der Waals surface area contributed by atoms with E-state index in [0.717, 1.165) is 24.0 Å². The number of rotatable bonds is 3. The molecule has 1 aliphatic carbocycles. The summed E-state index contributed by atoms with van der Waals surface area (Å²) < 4.78 is 0. The van der Waals surface area contributed by atoms with Gasteiger partial charge < -0.3 is 20.4 Å². The second kappa shape index (κ2) is 10.1. The van der Waals surface area contributed by atoms with E-state index in [1.165, 1.54) is 5.57 Å². The molecule has 0 aromatic heterocycles. The first-order valence-electron chi connectivity index (χ1n) is 8.98. The summed E-state index contributed by atoms with van der Waals surface area (Å²) >= 11 is 0. The predicted molar refractivity (Wildman–Crippen MR) is 97.6 cm³/mol. The molecule has 0 aromatic carbocycles. The predicted octanol–water partition coefficient (Wildman–Crippen LogP) is 2.87. The maximum absolute atomic E-state index is 10.6. The van der Waals surface area contributed by atoms with Gasteiger partial charge >= 0.3 is 0 Å². The summed E-state index contributed by atoms with van der Waals surface area (Å²) in [6.07, 6.45) is 8.87. The second-order valence-electron chi connectivity index (χ2n) is 7.35. The van der Waals surface area contributed by atoms with Crippen LogP contribution in [0.15, 0.2) is 34.9 Å². The van der Waals surface area contributed by atoms with Gasteiger partial charge in [-0.2, -0.15) is 0 Å². The first-order chi connectivity index (χ1) is 11.3. The van der Waals surface area contributed by atoms with Gasteiger partial charge in [-0.25, -0.2) is 0 Å². The number of aliphatic hydroxyl groups excluding tert-OH is 3. The van der Waals surface area contributed by atoms with Gasteiger partial charge in [0, 0.05) is 0 Å². The lowest BCUT2D eigenvalue weighted by Gasteiger charge is -2.30. The molecule has 0 aromatic rings. The van der Waals surface area contributed by atoms with Crippen molar-refractivity contribution in [3.8, 4) is 0 Å². The zero-order valence-electron chi connectivity index (χ0n) is 15.3. The lowest BCUT2D eigenvalue weighted by molar-refractivity contribution is -0.0698. The molecular formula is C20H34O4. The summed E-state index contributed by atoms with van der Waals surface area (Å²) in [5.74, 6) is 0.350. The van der Waals surface area contributed by atoms with Crippen molar-refractivity contribution in [3.63, 3.8) is 0 Å². The molecule has 0 spiro atoms. The van der Waals surface area contributed by atoms with Crippen LogP contribution in [0.3, 0.4) is 0 Å². The fourth-order valence-corrected chi connectivity index (χ4v) is 2.91. The van der Waals surface area contributed by atoms with Crippen LogP contribution in [0.4, 0.5) is 0 Å². The van der Waals surface area contributed by atoms with E-state index in [1.54, 1.807) is 6.92 Å². The average Bonchev–Trinajstić information content (AvgIpc) is 2.54. The van der Waals surface area contributed by atoms with Gasteiger partial charge in [-0.1, -0.05) is 37.6 Å². The average molecular weight is 338 g/mol. The molecule has 0 amide bonds. The van der Waals surface area contributed by atoms with E-state index >= 15 is 0 Å². The first kappa shape index (κ1) is 21.1. The Kier molecular flexibility index (Phi) is 8.92. The third-order valence-electron chi connectivity index (χ3n) is 4.96. The fraction of sp³-hybridized carbons (Fsp3) is 0.700. The zero-order valence-corrected chi connectivity index (χ0v) is 15.3. The molecule has 0 saturated carbocycles. The quantitative estimate of drug-likeness (QED) is 0.597. The maximum Gasteiger partial charge on any atom is 0.0880 e. The summed E-state index contributed by atoms with van der Waals surface area (Å²) in [6.45, 7) is 5.90. The molecule has 4 heteroatoms. The Morgan fingerprint density at radius 3 is 2.33 bits per heavy atom. The SMILES string of the molecule is CC(C)C1=CC=C(CO)CCC=C(CO)CCC(O)C(C)(O)CC1. The van der Waals surface area contributed by atoms with Crippen LogP contribution in [0.25, 0.3) is 0 Å². The topological polar surface area (TPSA) is 80.9 Å². The van der Waals surface area contributed by atoms with Crippen molar-refractivity contribution in [2.75, 3.05) is 13.2 Å². The van der Waals surface area contributed by atoms with Gasteiger partial charge in [0.2, 0.25) is 0 Å². The number of allylic oxidation sites excluding steroid dienone is 4. The van der Waals surface area contributed by atoms with E-state index in [9.17, 15) is 20.4 Å². The molecule has 4 N–H and O–H groups in total. The van der Waals surface area contributed by atoms with Crippen LogP contribution in [0.1, 0.15) is 59.3 Å². The smallest absolute Gasteiger partial charge is 0.0880 e. The van der Waals surface area contributed by atoms with Crippen LogP contribution in [-0.4, -0.2) is 45.3 Å². The van der Waals surface area contributed by atoms with Crippen molar-refractivity contribution in [2.45, 2.75) is 71.0 Å². The van der Waals surface area contributed by atoms with E-state index in [0.29, 0.717) is 31.6 Å². The molecule has 2 unspecified atom stereocenters. The number of hydrogen-bond donors (Lipinski definition) is 4. The molecule has 4 nitrogen and oxygen atoms in total. The highest BCUT2D eigenvalue weighted by molar-refractivity contribution is 5.20. The molecule has 2 atom stereocenters. The molecular weight excluding hydrogens is 304 g/mol. The summed E-state index contributed by atoms with van der Waals surface area (Å²) in [7, 11) is 0. The van der Waals surface area contributed by atoms with Gasteiger partial charge in [0.1, 0.15) is 0 Å². The van der Waals surface area contributed by atoms with Crippen LogP contribution in [0.5, 0.6) is 0 Å². The van der Waals surface area contributed by atoms with Crippen molar-refractivity contribution in [1.82, 2.24) is 0 Å². The molecule has 0 radical (unpaired) electrons. The molecule has 0 fully saturated rings. The number of aliphatic hydroxyl groups is 4. The van der Waals surface area contributed by atoms with Crippen molar-refractivity contribution in [3.05, 3.63) is 34.9 Å². The minimum absolute atomic E-state index is 0.0284. The van der Waals surface area contributed by atoms with Gasteiger partial charge in [0.15, 0.2) is 0 Å². The Labute approximate surface area is 146 Å². The molecule has 0 aliphatic heterocycles. The van der Waals surface area contributed by atoms with Crippen molar-refractivity contribution in [2.24, 2.45) is 5.92 Å². The van der Waals surface area contributed by atoms with Crippen LogP contribution in [0, 0.1) is 5.92 Å². The Bertz CT molecular complexity index is 472. The summed E-state index contributed by atoms with van der Waals surface area (Å²) in [6, 6.07) is 0. The van der Waals surface area contributed by atoms with Crippen LogP contribution in [-0.2, 0) is 0 Å². The summed E-state index contributed by atoms with van der Waals surface area (Å²) in [5.41, 5.74) is 1.89. The van der Waals surface area contributed by atoms with E-state index < -0.39 is 11.7 Å². The van der Waals surface area contributed by atoms with Crippen LogP contribution < -0.4 is 0 Å². The molecule has 1 aliphatic rings. The summed E-state index contributed by atoms with van der Waals surface area (Å²) in [4.78, 5) is 0. The molecule has 138 valence electrons. The highest BCUT2D eigenvalue weighted by Crippen LogP contribution is 2.27. The van der Waals surface area contributed by atoms with Gasteiger partial charge in [-0.15, -0.1) is 0 Å². The molecule has 0 bridgehead atoms. The van der Waals surface area contributed by atoms with E-state index in [-0.39, 0.29) is 13.2 Å². The van der Waals surface area contributed by atoms with Gasteiger partial charge in [-0.05, 0) is 62.5 Å². The minimum atomic E-state index is -1.15. The molecule has 0 saturated heterocycles. The van der Waals surface area contributed by atoms with Gasteiger partial charge in [-0.3, -0.25) is 0 Å². The fourth-order valence-electron chi connectivity index (χ4n) is 2.91. The standard InChI is InChI=1S/C20H34O4/c1-15(2)18-9-7-16(13-21)5-4-6-17(14-22)8-10-19(23)20(3,24)12-11-18/h6-7,9,15,19,21-24H,4-5,8,10-14H2,1-3H3. The normalized spacial score (nSPS) is 28.0. The van der Waals surface area contributed by atoms with Crippen LogP contribution in [0.2, 0.25) is 0 Å². The van der Waals surface area contributed by atoms with Crippen molar-refractivity contribution in [1.29, 1.82) is 0 Å². The Morgan fingerprint density at radius 1 is 1.08 bits per heavy atom. The highest BCUT2D eigenvalue weighted by atomic mass is 16.3. The van der Waals surface area contributed by atoms with Gasteiger partial charge in [0.05, 0.1) is 24.9 Å². The summed E-state index contributed by atoms with van der Waals surface area (Å²) in [5, 5.41) is 39.9. The molecule has 24 heavy (non-hydrogen) atoms. The van der Waals surface area contributed by atoms with E-state index in [1.807, 2.05) is 18.2 Å². The monoisotopic (exact) mass is 338 g/mol. The zero-order chi connectivity index (χ0) is 18.2. The molecule has 0 heterocycles. The first-order valence-corrected chi connectivity index (χ1v) is 8.98. The second-order valence-corrected chi connectivity index (χ2v) is 7.35. The van der Waals surface area contributed by atoms with E-state index in [4.69, 9.17) is 0 Å². The lowest BCUT2D eigenvalue weighted by atomic mass is 9.85. The third-order valence-corrected chi connectivity index (χ3v) is 4.96. The Hall–Kier alpha value is -0.940. The largest absolute Gasteiger partial charge is 0.392 e. The molecule has 1 rings (SSSR count). The van der Waals surface area contributed by atoms with Crippen molar-refractivity contribution < 1.29 is 20.4 Å². The van der Waals surface area contributed by atoms with Crippen molar-refractivity contribution >= 4 is 0 Å². The lowest BCUT2D eigenvalue weighted by Crippen LogP contribution is -2.39.